The summed E-state index contributed by atoms with van der Waals surface area (Å²) in [7, 11) is 0. The lowest BCUT2D eigenvalue weighted by Crippen LogP contribution is -2.36. The van der Waals surface area contributed by atoms with Crippen LogP contribution in [0.4, 0.5) is 0 Å². The summed E-state index contributed by atoms with van der Waals surface area (Å²) in [4.78, 5) is 11.1. The quantitative estimate of drug-likeness (QED) is 0.743. The minimum Gasteiger partial charge on any atom is -0.478 e. The highest BCUT2D eigenvalue weighted by Gasteiger charge is 2.50. The van der Waals surface area contributed by atoms with Gasteiger partial charge in [0.1, 0.15) is 0 Å². The van der Waals surface area contributed by atoms with E-state index < -0.39 is 5.97 Å². The molecular weight excluding hydrogens is 228 g/mol. The van der Waals surface area contributed by atoms with Crippen molar-refractivity contribution in [3.05, 3.63) is 12.2 Å². The molecule has 0 bridgehead atoms. The van der Waals surface area contributed by atoms with E-state index in [2.05, 4.69) is 20.4 Å². The molecule has 2 fully saturated rings. The smallest absolute Gasteiger partial charge is 0.331 e. The van der Waals surface area contributed by atoms with Gasteiger partial charge in [0.25, 0.3) is 0 Å². The van der Waals surface area contributed by atoms with Crippen molar-refractivity contribution in [3.63, 3.8) is 0 Å². The van der Waals surface area contributed by atoms with Crippen LogP contribution in [-0.4, -0.2) is 22.3 Å². The second-order valence-corrected chi connectivity index (χ2v) is 6.49. The van der Waals surface area contributed by atoms with Gasteiger partial charge >= 0.3 is 5.97 Å². The van der Waals surface area contributed by atoms with Crippen LogP contribution in [0.15, 0.2) is 12.2 Å². The molecule has 102 valence electrons. The van der Waals surface area contributed by atoms with Crippen LogP contribution in [0.5, 0.6) is 0 Å². The van der Waals surface area contributed by atoms with Crippen molar-refractivity contribution in [2.24, 2.45) is 23.2 Å². The van der Waals surface area contributed by atoms with E-state index >= 15 is 0 Å². The van der Waals surface area contributed by atoms with Gasteiger partial charge in [0, 0.05) is 5.57 Å². The second kappa shape index (κ2) is 4.69. The molecule has 2 rings (SSSR count). The number of aliphatic hydroxyl groups excluding tert-OH is 1. The van der Waals surface area contributed by atoms with Crippen LogP contribution in [-0.2, 0) is 4.79 Å². The third-order valence-electron chi connectivity index (χ3n) is 5.47. The summed E-state index contributed by atoms with van der Waals surface area (Å²) in [6, 6.07) is 0. The first-order valence-corrected chi connectivity index (χ1v) is 6.96. The fourth-order valence-corrected chi connectivity index (χ4v) is 4.24. The Morgan fingerprint density at radius 1 is 1.28 bits per heavy atom. The van der Waals surface area contributed by atoms with Crippen LogP contribution in [0.25, 0.3) is 0 Å². The molecule has 0 radical (unpaired) electrons. The van der Waals surface area contributed by atoms with Gasteiger partial charge in [0.05, 0.1) is 6.10 Å². The molecule has 5 atom stereocenters. The molecule has 0 aliphatic heterocycles. The summed E-state index contributed by atoms with van der Waals surface area (Å²) < 4.78 is 0. The number of hydrogen-bond acceptors (Lipinski definition) is 2. The molecule has 2 saturated carbocycles. The van der Waals surface area contributed by atoms with Gasteiger partial charge in [-0.15, -0.1) is 0 Å². The Balaban J connectivity index is 2.25. The zero-order valence-electron chi connectivity index (χ0n) is 11.4. The van der Waals surface area contributed by atoms with E-state index in [9.17, 15) is 9.90 Å². The number of rotatable bonds is 2. The summed E-state index contributed by atoms with van der Waals surface area (Å²) in [5, 5.41) is 19.4. The van der Waals surface area contributed by atoms with Crippen LogP contribution < -0.4 is 0 Å². The Morgan fingerprint density at radius 2 is 1.94 bits per heavy atom. The van der Waals surface area contributed by atoms with E-state index in [0.717, 1.165) is 32.1 Å². The number of carboxylic acids is 1. The molecule has 2 aliphatic carbocycles. The highest BCUT2D eigenvalue weighted by molar-refractivity contribution is 5.86. The SMILES string of the molecule is C=C(C(=O)O)[C@@H]1CC[C@H](C)[C@@H]2CC[C@H](O)[C@@]2(C)C1. The molecule has 0 aromatic rings. The second-order valence-electron chi connectivity index (χ2n) is 6.49. The first-order valence-electron chi connectivity index (χ1n) is 6.96. The molecule has 0 aromatic carbocycles. The molecule has 0 aromatic heterocycles. The molecule has 0 amide bonds. The van der Waals surface area contributed by atoms with Gasteiger partial charge in [0.2, 0.25) is 0 Å². The van der Waals surface area contributed by atoms with Crippen LogP contribution in [0.2, 0.25) is 0 Å². The molecule has 2 N–H and O–H groups in total. The molecule has 0 unspecified atom stereocenters. The number of carbonyl (C=O) groups is 1. The Bertz CT molecular complexity index is 363. The van der Waals surface area contributed by atoms with Crippen LogP contribution >= 0.6 is 0 Å². The van der Waals surface area contributed by atoms with E-state index in [1.54, 1.807) is 0 Å². The minimum atomic E-state index is -0.887. The first kappa shape index (κ1) is 13.6. The predicted molar refractivity (Wildman–Crippen MR) is 70.1 cm³/mol. The number of carboxylic acid groups (broad SMARTS) is 1. The van der Waals surface area contributed by atoms with E-state index in [0.29, 0.717) is 17.4 Å². The molecule has 2 aliphatic rings. The average molecular weight is 252 g/mol. The summed E-state index contributed by atoms with van der Waals surface area (Å²) in [5.74, 6) is 0.229. The van der Waals surface area contributed by atoms with E-state index in [-0.39, 0.29) is 17.4 Å². The summed E-state index contributed by atoms with van der Waals surface area (Å²) in [6.07, 6.45) is 4.36. The molecule has 0 heterocycles. The third-order valence-corrected chi connectivity index (χ3v) is 5.47. The van der Waals surface area contributed by atoms with Crippen molar-refractivity contribution in [1.29, 1.82) is 0 Å². The monoisotopic (exact) mass is 252 g/mol. The number of aliphatic carboxylic acids is 1. The lowest BCUT2D eigenvalue weighted by molar-refractivity contribution is -0.133. The summed E-state index contributed by atoms with van der Waals surface area (Å²) in [6.45, 7) is 8.11. The summed E-state index contributed by atoms with van der Waals surface area (Å²) >= 11 is 0. The number of aliphatic hydroxyl groups is 1. The molecule has 18 heavy (non-hydrogen) atoms. The third kappa shape index (κ3) is 2.09. The van der Waals surface area contributed by atoms with Gasteiger partial charge in [-0.3, -0.25) is 0 Å². The maximum Gasteiger partial charge on any atom is 0.331 e. The fraction of sp³-hybridized carbons (Fsp3) is 0.800. The molecule has 0 spiro atoms. The van der Waals surface area contributed by atoms with E-state index in [4.69, 9.17) is 5.11 Å². The van der Waals surface area contributed by atoms with Crippen molar-refractivity contribution in [3.8, 4) is 0 Å². The van der Waals surface area contributed by atoms with Gasteiger partial charge in [-0.1, -0.05) is 20.4 Å². The van der Waals surface area contributed by atoms with Crippen LogP contribution in [0.3, 0.4) is 0 Å². The van der Waals surface area contributed by atoms with Crippen molar-refractivity contribution < 1.29 is 15.0 Å². The molecule has 0 saturated heterocycles. The van der Waals surface area contributed by atoms with Crippen molar-refractivity contribution in [1.82, 2.24) is 0 Å². The fourth-order valence-electron chi connectivity index (χ4n) is 4.24. The van der Waals surface area contributed by atoms with Crippen molar-refractivity contribution in [2.45, 2.75) is 52.1 Å². The van der Waals surface area contributed by atoms with E-state index in [1.807, 2.05) is 0 Å². The topological polar surface area (TPSA) is 57.5 Å². The highest BCUT2D eigenvalue weighted by Crippen LogP contribution is 2.55. The first-order chi connectivity index (χ1) is 8.36. The van der Waals surface area contributed by atoms with Crippen molar-refractivity contribution in [2.75, 3.05) is 0 Å². The lowest BCUT2D eigenvalue weighted by atomic mass is 9.69. The van der Waals surface area contributed by atoms with Gasteiger partial charge in [-0.05, 0) is 55.3 Å². The zero-order chi connectivity index (χ0) is 13.5. The normalized spacial score (nSPS) is 44.2. The Morgan fingerprint density at radius 3 is 2.56 bits per heavy atom. The molecule has 3 nitrogen and oxygen atoms in total. The van der Waals surface area contributed by atoms with E-state index in [1.165, 1.54) is 0 Å². The van der Waals surface area contributed by atoms with Crippen LogP contribution in [0, 0.1) is 23.2 Å². The standard InChI is InChI=1S/C15H24O3/c1-9-4-5-11(10(2)14(17)18)8-15(3)12(9)6-7-13(15)16/h9,11-13,16H,2,4-8H2,1,3H3,(H,17,18)/t9-,11+,12-,13-,15-/m0/s1. The Kier molecular flexibility index (Phi) is 3.54. The number of fused-ring (bicyclic) bond motifs is 1. The van der Waals surface area contributed by atoms with Gasteiger partial charge in [-0.2, -0.15) is 0 Å². The maximum atomic E-state index is 11.1. The minimum absolute atomic E-state index is 0.0210. The highest BCUT2D eigenvalue weighted by atomic mass is 16.4. The predicted octanol–water partition coefficient (Wildman–Crippen LogP) is 2.84. The maximum absolute atomic E-state index is 11.1. The molecule has 3 heteroatoms. The Labute approximate surface area is 109 Å². The number of hydrogen-bond donors (Lipinski definition) is 2. The lowest BCUT2D eigenvalue weighted by Gasteiger charge is -2.37. The van der Waals surface area contributed by atoms with Crippen molar-refractivity contribution >= 4 is 5.97 Å². The van der Waals surface area contributed by atoms with Gasteiger partial charge in [-0.25, -0.2) is 4.79 Å². The van der Waals surface area contributed by atoms with Crippen LogP contribution in [0.1, 0.15) is 46.0 Å². The Hall–Kier alpha value is -0.830. The molecular formula is C15H24O3. The van der Waals surface area contributed by atoms with Gasteiger partial charge < -0.3 is 10.2 Å². The summed E-state index contributed by atoms with van der Waals surface area (Å²) in [5.41, 5.74) is 0.196. The zero-order valence-corrected chi connectivity index (χ0v) is 11.4. The van der Waals surface area contributed by atoms with Gasteiger partial charge in [0.15, 0.2) is 0 Å². The average Bonchev–Trinajstić information content (AvgIpc) is 2.52. The largest absolute Gasteiger partial charge is 0.478 e.